The number of hydrogen-bond donors (Lipinski definition) is 0. The minimum absolute atomic E-state index is 0.0212. The van der Waals surface area contributed by atoms with Gasteiger partial charge in [0.05, 0.1) is 25.5 Å². The maximum absolute atomic E-state index is 11.0. The highest BCUT2D eigenvalue weighted by atomic mass is 35.5. The average Bonchev–Trinajstić information content (AvgIpc) is 3.18. The summed E-state index contributed by atoms with van der Waals surface area (Å²) in [5.74, 6) is 0. The van der Waals surface area contributed by atoms with Crippen molar-refractivity contribution in [2.75, 3.05) is 0 Å². The van der Waals surface area contributed by atoms with E-state index < -0.39 is 4.92 Å². The topological polar surface area (TPSA) is 68.4 Å². The number of nitro benzene ring substituents is 1. The summed E-state index contributed by atoms with van der Waals surface area (Å²) >= 11 is 19.8. The summed E-state index contributed by atoms with van der Waals surface area (Å²) < 4.78 is 0. The van der Waals surface area contributed by atoms with Gasteiger partial charge in [0.1, 0.15) is 0 Å². The Morgan fingerprint density at radius 1 is 0.903 bits per heavy atom. The van der Waals surface area contributed by atoms with Gasteiger partial charge in [-0.05, 0) is 42.0 Å². The van der Waals surface area contributed by atoms with Crippen LogP contribution in [0.1, 0.15) is 5.56 Å². The normalized spacial score (nSPS) is 11.2. The number of thiazole rings is 1. The average molecular weight is 489 g/mol. The van der Waals surface area contributed by atoms with Crippen LogP contribution in [0.15, 0.2) is 71.7 Å². The number of aliphatic imine (C=N–C) groups is 1. The molecule has 0 amide bonds. The lowest BCUT2D eigenvalue weighted by Gasteiger charge is -2.03. The predicted octanol–water partition coefficient (Wildman–Crippen LogP) is 8.10. The van der Waals surface area contributed by atoms with E-state index in [1.807, 2.05) is 12.1 Å². The monoisotopic (exact) mass is 487 g/mol. The number of non-ortho nitro benzene ring substituents is 1. The van der Waals surface area contributed by atoms with Crippen LogP contribution in [-0.4, -0.2) is 16.1 Å². The molecule has 4 rings (SSSR count). The molecule has 0 unspecified atom stereocenters. The highest BCUT2D eigenvalue weighted by molar-refractivity contribution is 7.19. The Labute approximate surface area is 196 Å². The lowest BCUT2D eigenvalue weighted by molar-refractivity contribution is -0.384. The van der Waals surface area contributed by atoms with Crippen LogP contribution in [-0.2, 0) is 0 Å². The van der Waals surface area contributed by atoms with E-state index in [0.717, 1.165) is 16.0 Å². The first-order chi connectivity index (χ1) is 14.9. The van der Waals surface area contributed by atoms with Crippen LogP contribution in [0, 0.1) is 10.1 Å². The van der Waals surface area contributed by atoms with Crippen molar-refractivity contribution in [2.45, 2.75) is 0 Å². The minimum atomic E-state index is -0.431. The van der Waals surface area contributed by atoms with Crippen molar-refractivity contribution in [3.8, 4) is 21.7 Å². The molecule has 31 heavy (non-hydrogen) atoms. The van der Waals surface area contributed by atoms with E-state index >= 15 is 0 Å². The molecule has 0 aliphatic carbocycles. The number of halogens is 3. The zero-order valence-corrected chi connectivity index (χ0v) is 18.7. The smallest absolute Gasteiger partial charge is 0.258 e. The highest BCUT2D eigenvalue weighted by Crippen LogP contribution is 2.41. The third-order valence-electron chi connectivity index (χ3n) is 4.38. The number of rotatable bonds is 5. The van der Waals surface area contributed by atoms with E-state index in [2.05, 4.69) is 9.98 Å². The molecule has 154 valence electrons. The largest absolute Gasteiger partial charge is 0.269 e. The Kier molecular flexibility index (Phi) is 6.34. The van der Waals surface area contributed by atoms with E-state index in [0.29, 0.717) is 31.5 Å². The molecule has 3 aromatic carbocycles. The molecule has 0 bridgehead atoms. The van der Waals surface area contributed by atoms with Crippen molar-refractivity contribution in [1.29, 1.82) is 0 Å². The van der Waals surface area contributed by atoms with Crippen molar-refractivity contribution in [3.63, 3.8) is 0 Å². The summed E-state index contributed by atoms with van der Waals surface area (Å²) in [5, 5.41) is 13.1. The fourth-order valence-corrected chi connectivity index (χ4v) is 4.41. The molecule has 0 N–H and O–H groups in total. The van der Waals surface area contributed by atoms with Gasteiger partial charge in [-0.2, -0.15) is 0 Å². The van der Waals surface area contributed by atoms with Crippen LogP contribution in [0.4, 0.5) is 10.8 Å². The van der Waals surface area contributed by atoms with Crippen molar-refractivity contribution in [2.24, 2.45) is 4.99 Å². The molecule has 4 aromatic rings. The van der Waals surface area contributed by atoms with E-state index in [4.69, 9.17) is 34.8 Å². The minimum Gasteiger partial charge on any atom is -0.258 e. The van der Waals surface area contributed by atoms with Gasteiger partial charge in [-0.3, -0.25) is 10.1 Å². The third kappa shape index (κ3) is 4.78. The number of aromatic nitrogens is 1. The highest BCUT2D eigenvalue weighted by Gasteiger charge is 2.16. The predicted molar refractivity (Wildman–Crippen MR) is 128 cm³/mol. The van der Waals surface area contributed by atoms with Gasteiger partial charge in [-0.1, -0.05) is 64.3 Å². The molecular formula is C22H12Cl3N3O2S. The van der Waals surface area contributed by atoms with Crippen LogP contribution >= 0.6 is 46.1 Å². The maximum atomic E-state index is 11.0. The summed E-state index contributed by atoms with van der Waals surface area (Å²) in [6, 6.07) is 18.8. The fourth-order valence-electron chi connectivity index (χ4n) is 2.85. The Morgan fingerprint density at radius 2 is 1.52 bits per heavy atom. The van der Waals surface area contributed by atoms with Crippen LogP contribution in [0.2, 0.25) is 15.1 Å². The third-order valence-corrected chi connectivity index (χ3v) is 6.30. The second kappa shape index (κ2) is 9.16. The Balaban J connectivity index is 1.79. The molecule has 5 nitrogen and oxygen atoms in total. The standard InChI is InChI=1S/C22H12Cl3N3O2S/c23-15-8-4-13(5-9-15)20-21(14-6-10-16(11-7-14)28(29)30)31-22(27-20)26-12-17-18(24)2-1-3-19(17)25/h1-12H. The Morgan fingerprint density at radius 3 is 2.13 bits per heavy atom. The first kappa shape index (κ1) is 21.5. The van der Waals surface area contributed by atoms with Crippen LogP contribution in [0.25, 0.3) is 21.7 Å². The first-order valence-corrected chi connectivity index (χ1v) is 10.9. The van der Waals surface area contributed by atoms with Crippen LogP contribution < -0.4 is 0 Å². The van der Waals surface area contributed by atoms with E-state index in [9.17, 15) is 10.1 Å². The van der Waals surface area contributed by atoms with Crippen LogP contribution in [0.5, 0.6) is 0 Å². The first-order valence-electron chi connectivity index (χ1n) is 8.92. The maximum Gasteiger partial charge on any atom is 0.269 e. The fraction of sp³-hybridized carbons (Fsp3) is 0. The molecular weight excluding hydrogens is 477 g/mol. The molecule has 0 atom stereocenters. The van der Waals surface area contributed by atoms with E-state index in [1.54, 1.807) is 48.7 Å². The number of nitro groups is 1. The summed E-state index contributed by atoms with van der Waals surface area (Å²) in [4.78, 5) is 20.5. The van der Waals surface area contributed by atoms with Gasteiger partial charge in [0, 0.05) is 34.5 Å². The lowest BCUT2D eigenvalue weighted by Crippen LogP contribution is -1.87. The zero-order valence-electron chi connectivity index (χ0n) is 15.6. The molecule has 0 saturated carbocycles. The molecule has 0 radical (unpaired) electrons. The van der Waals surface area contributed by atoms with E-state index in [-0.39, 0.29) is 5.69 Å². The summed E-state index contributed by atoms with van der Waals surface area (Å²) in [5.41, 5.74) is 2.98. The number of nitrogens with zero attached hydrogens (tertiary/aromatic N) is 3. The summed E-state index contributed by atoms with van der Waals surface area (Å²) in [6.07, 6.45) is 1.58. The molecule has 0 aliphatic rings. The molecule has 0 saturated heterocycles. The van der Waals surface area contributed by atoms with E-state index in [1.165, 1.54) is 23.5 Å². The van der Waals surface area contributed by atoms with Crippen molar-refractivity contribution >= 4 is 63.2 Å². The van der Waals surface area contributed by atoms with Crippen molar-refractivity contribution in [3.05, 3.63) is 97.5 Å². The lowest BCUT2D eigenvalue weighted by atomic mass is 10.1. The van der Waals surface area contributed by atoms with Gasteiger partial charge in [-0.15, -0.1) is 0 Å². The number of benzene rings is 3. The SMILES string of the molecule is O=[N+]([O-])c1ccc(-c2sc(N=Cc3c(Cl)cccc3Cl)nc2-c2ccc(Cl)cc2)cc1. The molecule has 1 aromatic heterocycles. The van der Waals surface area contributed by atoms with Gasteiger partial charge in [0.25, 0.3) is 5.69 Å². The second-order valence-electron chi connectivity index (χ2n) is 6.38. The molecule has 1 heterocycles. The molecule has 0 spiro atoms. The summed E-state index contributed by atoms with van der Waals surface area (Å²) in [7, 11) is 0. The summed E-state index contributed by atoms with van der Waals surface area (Å²) in [6.45, 7) is 0. The molecule has 0 fully saturated rings. The van der Waals surface area contributed by atoms with Crippen molar-refractivity contribution < 1.29 is 4.92 Å². The van der Waals surface area contributed by atoms with Gasteiger partial charge >= 0.3 is 0 Å². The van der Waals surface area contributed by atoms with Gasteiger partial charge in [-0.25, -0.2) is 9.98 Å². The Bertz CT molecular complexity index is 1270. The molecule has 0 aliphatic heterocycles. The quantitative estimate of drug-likeness (QED) is 0.162. The second-order valence-corrected chi connectivity index (χ2v) is 8.61. The van der Waals surface area contributed by atoms with Gasteiger partial charge in [0.2, 0.25) is 5.13 Å². The number of hydrogen-bond acceptors (Lipinski definition) is 5. The van der Waals surface area contributed by atoms with Gasteiger partial charge < -0.3 is 0 Å². The van der Waals surface area contributed by atoms with Gasteiger partial charge in [0.15, 0.2) is 0 Å². The zero-order chi connectivity index (χ0) is 22.0. The van der Waals surface area contributed by atoms with Crippen molar-refractivity contribution in [1.82, 2.24) is 4.98 Å². The Hall–Kier alpha value is -2.77. The van der Waals surface area contributed by atoms with Crippen LogP contribution in [0.3, 0.4) is 0 Å². The molecule has 9 heteroatoms.